The number of thiazole rings is 1. The molecule has 10 rings (SSSR count). The van der Waals surface area contributed by atoms with E-state index in [0.29, 0.717) is 28.1 Å². The van der Waals surface area contributed by atoms with Crippen molar-refractivity contribution >= 4 is 67.6 Å². The maximum absolute atomic E-state index is 15.8. The Kier molecular flexibility index (Phi) is 17.0. The number of ketones is 1. The molecule has 0 unspecified atom stereocenters. The Hall–Kier alpha value is -6.83. The summed E-state index contributed by atoms with van der Waals surface area (Å²) in [5.41, 5.74) is 3.94. The molecule has 3 amide bonds. The summed E-state index contributed by atoms with van der Waals surface area (Å²) in [6.45, 7) is 13.1. The van der Waals surface area contributed by atoms with Crippen LogP contribution in [0, 0.1) is 29.9 Å². The third-order valence-corrected chi connectivity index (χ3v) is 18.3. The van der Waals surface area contributed by atoms with Gasteiger partial charge in [0.05, 0.1) is 40.0 Å². The molecule has 0 saturated carbocycles. The van der Waals surface area contributed by atoms with Gasteiger partial charge in [-0.25, -0.2) is 28.1 Å². The van der Waals surface area contributed by atoms with Crippen LogP contribution in [0.5, 0.6) is 0 Å². The molecule has 19 nitrogen and oxygen atoms in total. The molecule has 4 aliphatic heterocycles. The topological polar surface area (TPSA) is 229 Å². The lowest BCUT2D eigenvalue weighted by molar-refractivity contribution is -0.144. The van der Waals surface area contributed by atoms with Crippen molar-refractivity contribution in [3.63, 3.8) is 0 Å². The van der Waals surface area contributed by atoms with E-state index in [1.165, 1.54) is 11.1 Å². The van der Waals surface area contributed by atoms with Gasteiger partial charge in [0.2, 0.25) is 23.5 Å². The van der Waals surface area contributed by atoms with Gasteiger partial charge in [0, 0.05) is 106 Å². The van der Waals surface area contributed by atoms with Gasteiger partial charge < -0.3 is 30.5 Å². The summed E-state index contributed by atoms with van der Waals surface area (Å²) in [4.78, 5) is 81.0. The molecule has 8 heterocycles. The van der Waals surface area contributed by atoms with Gasteiger partial charge in [0.15, 0.2) is 5.82 Å². The van der Waals surface area contributed by atoms with E-state index in [1.807, 2.05) is 74.3 Å². The molecule has 430 valence electrons. The van der Waals surface area contributed by atoms with Crippen LogP contribution in [0.15, 0.2) is 78.7 Å². The number of β-amino-alcohol motifs (C(OH)–C–C–N with tert-alkyl or cyclic N) is 1. The molecule has 5 N–H and O–H groups in total. The minimum Gasteiger partial charge on any atom is -0.391 e. The summed E-state index contributed by atoms with van der Waals surface area (Å²) in [7, 11) is -4.38. The van der Waals surface area contributed by atoms with Crippen molar-refractivity contribution in [2.75, 3.05) is 81.6 Å². The molecule has 81 heavy (non-hydrogen) atoms. The van der Waals surface area contributed by atoms with Crippen molar-refractivity contribution in [1.82, 2.24) is 49.6 Å². The van der Waals surface area contributed by atoms with Crippen molar-refractivity contribution in [3.05, 3.63) is 113 Å². The summed E-state index contributed by atoms with van der Waals surface area (Å²) in [6, 6.07) is 13.2. The number of aromatic amines is 1. The fourth-order valence-electron chi connectivity index (χ4n) is 11.2. The number of aromatic nitrogens is 4. The normalized spacial score (nSPS) is 20.2. The van der Waals surface area contributed by atoms with Crippen LogP contribution in [0.2, 0.25) is 0 Å². The van der Waals surface area contributed by atoms with E-state index in [4.69, 9.17) is 4.98 Å². The Bertz CT molecular complexity index is 3400. The fourth-order valence-corrected chi connectivity index (χ4v) is 13.3. The molecule has 6 aromatic rings. The Labute approximate surface area is 472 Å². The van der Waals surface area contributed by atoms with Gasteiger partial charge in [-0.2, -0.15) is 12.7 Å². The standard InChI is InChI=1S/C57H67F3N12O7S2/c1-34-52(80-33-65-34)37-7-5-35(6-8-37)25-64-55(76)46-24-41(73)31-72(46)56(77)53(57(2,3)4)66-48(74)32-68-16-13-36(14-17-68)29-69-19-21-70(22-20-69)47-12-9-38(26-61-47)39-23-42-43(28-63-54(42)62-27-39)51(75)49-44(59)10-11-45(50(49)60)67-81(78,79)71-18-15-40(58)30-71/h5-12,23,26-28,33,36,40-41,46,53,67,73H,13-22,24-25,29-32H2,1-4H3,(H,62,63)(H,64,76)(H,66,74)/t40-,41-,46+,53-/m1/s1. The number of fused-ring (bicyclic) bond motifs is 1. The predicted molar refractivity (Wildman–Crippen MR) is 302 cm³/mol. The lowest BCUT2D eigenvalue weighted by Gasteiger charge is -2.39. The van der Waals surface area contributed by atoms with E-state index in [-0.39, 0.29) is 56.4 Å². The number of nitrogens with zero attached hydrogens (tertiary/aromatic N) is 8. The van der Waals surface area contributed by atoms with Crippen LogP contribution in [0.1, 0.15) is 73.6 Å². The van der Waals surface area contributed by atoms with Gasteiger partial charge >= 0.3 is 10.2 Å². The number of aliphatic hydroxyl groups is 1. The number of nitrogens with one attached hydrogen (secondary N) is 4. The molecular weight excluding hydrogens is 1090 g/mol. The molecule has 24 heteroatoms. The van der Waals surface area contributed by atoms with Crippen molar-refractivity contribution in [1.29, 1.82) is 0 Å². The maximum Gasteiger partial charge on any atom is 0.301 e. The van der Waals surface area contributed by atoms with Crippen molar-refractivity contribution in [3.8, 4) is 21.6 Å². The largest absolute Gasteiger partial charge is 0.391 e. The molecule has 4 aliphatic rings. The molecule has 4 aromatic heterocycles. The van der Waals surface area contributed by atoms with Crippen LogP contribution in [0.4, 0.5) is 24.7 Å². The van der Waals surface area contributed by atoms with E-state index in [1.54, 1.807) is 29.8 Å². The van der Waals surface area contributed by atoms with Gasteiger partial charge in [-0.15, -0.1) is 11.3 Å². The molecule has 0 radical (unpaired) electrons. The Morgan fingerprint density at radius 2 is 1.59 bits per heavy atom. The lowest BCUT2D eigenvalue weighted by atomic mass is 9.85. The van der Waals surface area contributed by atoms with Crippen LogP contribution < -0.4 is 20.3 Å². The van der Waals surface area contributed by atoms with E-state index in [0.717, 1.165) is 103 Å². The number of piperazine rings is 1. The zero-order valence-corrected chi connectivity index (χ0v) is 47.3. The first-order chi connectivity index (χ1) is 38.7. The summed E-state index contributed by atoms with van der Waals surface area (Å²) >= 11 is 1.57. The lowest BCUT2D eigenvalue weighted by Crippen LogP contribution is -2.59. The second-order valence-electron chi connectivity index (χ2n) is 22.6. The number of amides is 3. The summed E-state index contributed by atoms with van der Waals surface area (Å²) in [5, 5.41) is 16.9. The number of anilines is 2. The molecular formula is C57H67F3N12O7S2. The van der Waals surface area contributed by atoms with Crippen LogP contribution in [-0.4, -0.2) is 172 Å². The average molecular weight is 1150 g/mol. The average Bonchev–Trinajstić information content (AvgIpc) is 4.41. The summed E-state index contributed by atoms with van der Waals surface area (Å²) in [5.74, 6) is -3.40. The first kappa shape index (κ1) is 57.4. The molecule has 4 saturated heterocycles. The van der Waals surface area contributed by atoms with E-state index in [9.17, 15) is 37.1 Å². The summed E-state index contributed by atoms with van der Waals surface area (Å²) in [6.07, 6.45) is 4.30. The number of pyridine rings is 2. The fraction of sp³-hybridized carbons (Fsp3) is 0.456. The van der Waals surface area contributed by atoms with Gasteiger partial charge in [0.25, 0.3) is 0 Å². The quantitative estimate of drug-likeness (QED) is 0.0671. The Morgan fingerprint density at radius 1 is 0.864 bits per heavy atom. The molecule has 0 aliphatic carbocycles. The third-order valence-electron chi connectivity index (χ3n) is 15.8. The highest BCUT2D eigenvalue weighted by Gasteiger charge is 2.45. The van der Waals surface area contributed by atoms with E-state index < -0.39 is 81.1 Å². The Balaban J connectivity index is 0.678. The number of hydrogen-bond donors (Lipinski definition) is 5. The minimum absolute atomic E-state index is 0.00327. The number of halogens is 3. The predicted octanol–water partition coefficient (Wildman–Crippen LogP) is 5.91. The van der Waals surface area contributed by atoms with Crippen LogP contribution >= 0.6 is 11.3 Å². The van der Waals surface area contributed by atoms with Crippen molar-refractivity contribution in [2.24, 2.45) is 11.3 Å². The van der Waals surface area contributed by atoms with Crippen LogP contribution in [0.3, 0.4) is 0 Å². The monoisotopic (exact) mass is 1150 g/mol. The zero-order valence-electron chi connectivity index (χ0n) is 45.6. The number of carbonyl (C=O) groups is 4. The van der Waals surface area contributed by atoms with Crippen molar-refractivity contribution < 1.29 is 45.9 Å². The second-order valence-corrected chi connectivity index (χ2v) is 25.2. The molecule has 0 bridgehead atoms. The first-order valence-corrected chi connectivity index (χ1v) is 29.6. The van der Waals surface area contributed by atoms with E-state index in [2.05, 4.69) is 40.3 Å². The number of piperidine rings is 1. The summed E-state index contributed by atoms with van der Waals surface area (Å²) < 4.78 is 73.4. The number of benzene rings is 2. The smallest absolute Gasteiger partial charge is 0.301 e. The molecule has 4 atom stereocenters. The zero-order chi connectivity index (χ0) is 57.3. The SMILES string of the molecule is Cc1ncsc1-c1ccc(CNC(=O)[C@@H]2C[C@@H](O)CN2C(=O)[C@@H](NC(=O)CN2CCC(CN3CCN(c4ccc(-c5cnc6[nH]cc(C(=O)c7c(F)ccc(NS(=O)(=O)N8CC[C@@H](F)C8)c7F)c6c5)cn4)CC3)CC2)C(C)(C)C)cc1. The number of aliphatic hydroxyl groups excluding tert-OH is 1. The highest BCUT2D eigenvalue weighted by atomic mass is 32.2. The number of likely N-dealkylation sites (tertiary alicyclic amines) is 2. The third kappa shape index (κ3) is 13.0. The number of alkyl halides is 1. The number of H-pyrrole nitrogens is 1. The van der Waals surface area contributed by atoms with Gasteiger partial charge in [-0.3, -0.25) is 33.7 Å². The minimum atomic E-state index is -4.38. The van der Waals surface area contributed by atoms with Crippen molar-refractivity contribution in [2.45, 2.75) is 84.3 Å². The van der Waals surface area contributed by atoms with E-state index >= 15 is 8.78 Å². The highest BCUT2D eigenvalue weighted by molar-refractivity contribution is 7.90. The van der Waals surface area contributed by atoms with Crippen LogP contribution in [0.25, 0.3) is 32.6 Å². The van der Waals surface area contributed by atoms with Gasteiger partial charge in [-0.1, -0.05) is 45.0 Å². The van der Waals surface area contributed by atoms with Crippen LogP contribution in [-0.2, 0) is 31.1 Å². The van der Waals surface area contributed by atoms with Gasteiger partial charge in [-0.05, 0) is 92.1 Å². The van der Waals surface area contributed by atoms with Gasteiger partial charge in [0.1, 0.15) is 35.5 Å². The number of carbonyl (C=O) groups excluding carboxylic acids is 4. The first-order valence-electron chi connectivity index (χ1n) is 27.3. The molecule has 2 aromatic carbocycles. The number of hydrogen-bond acceptors (Lipinski definition) is 14. The molecule has 0 spiro atoms. The number of rotatable bonds is 17. The Morgan fingerprint density at radius 3 is 2.26 bits per heavy atom. The highest BCUT2D eigenvalue weighted by Crippen LogP contribution is 2.33. The molecule has 4 fully saturated rings. The maximum atomic E-state index is 15.8. The second kappa shape index (κ2) is 23.9. The number of aryl methyl sites for hydroxylation is 1.